The fraction of sp³-hybridized carbons (Fsp3) is 0.619. The Hall–Kier alpha value is -2.12. The smallest absolute Gasteiger partial charge is 0.227 e. The molecule has 2 amide bonds. The molecule has 1 aromatic carbocycles. The zero-order valence-electron chi connectivity index (χ0n) is 16.4. The molecule has 0 aliphatic carbocycles. The number of anilines is 2. The summed E-state index contributed by atoms with van der Waals surface area (Å²) in [7, 11) is 0. The Morgan fingerprint density at radius 2 is 1.86 bits per heavy atom. The minimum Gasteiger partial charge on any atom is -0.379 e. The summed E-state index contributed by atoms with van der Waals surface area (Å²) in [6, 6.07) is 8.54. The molecule has 0 aromatic heterocycles. The highest BCUT2D eigenvalue weighted by Gasteiger charge is 2.35. The SMILES string of the molecule is O=C(CCC(=O)N1CC2CCCN2c2ccccc21)NCCN1CCOCC1. The third kappa shape index (κ3) is 4.31. The summed E-state index contributed by atoms with van der Waals surface area (Å²) in [5, 5.41) is 2.94. The van der Waals surface area contributed by atoms with Gasteiger partial charge in [-0.15, -0.1) is 0 Å². The molecule has 7 nitrogen and oxygen atoms in total. The summed E-state index contributed by atoms with van der Waals surface area (Å²) in [5.74, 6) is -0.00303. The van der Waals surface area contributed by atoms with Gasteiger partial charge in [-0.2, -0.15) is 0 Å². The lowest BCUT2D eigenvalue weighted by Crippen LogP contribution is -2.48. The Bertz CT molecular complexity index is 705. The van der Waals surface area contributed by atoms with E-state index < -0.39 is 0 Å². The largest absolute Gasteiger partial charge is 0.379 e. The molecule has 0 radical (unpaired) electrons. The topological polar surface area (TPSA) is 65.1 Å². The molecular formula is C21H30N4O3. The Labute approximate surface area is 166 Å². The van der Waals surface area contributed by atoms with Crippen molar-refractivity contribution in [1.82, 2.24) is 10.2 Å². The van der Waals surface area contributed by atoms with Gasteiger partial charge in [0.25, 0.3) is 0 Å². The number of fused-ring (bicyclic) bond motifs is 3. The van der Waals surface area contributed by atoms with E-state index >= 15 is 0 Å². The predicted octanol–water partition coefficient (Wildman–Crippen LogP) is 1.23. The second-order valence-corrected chi connectivity index (χ2v) is 7.79. The van der Waals surface area contributed by atoms with Crippen LogP contribution in [-0.4, -0.2) is 75.2 Å². The van der Waals surface area contributed by atoms with Crippen LogP contribution >= 0.6 is 0 Å². The highest BCUT2D eigenvalue weighted by atomic mass is 16.5. The fourth-order valence-corrected chi connectivity index (χ4v) is 4.45. The van der Waals surface area contributed by atoms with Crippen LogP contribution in [0.15, 0.2) is 24.3 Å². The van der Waals surface area contributed by atoms with Crippen molar-refractivity contribution >= 4 is 23.2 Å². The van der Waals surface area contributed by atoms with Crippen LogP contribution in [0.1, 0.15) is 25.7 Å². The minimum atomic E-state index is -0.0469. The quantitative estimate of drug-likeness (QED) is 0.797. The lowest BCUT2D eigenvalue weighted by molar-refractivity contribution is -0.125. The summed E-state index contributed by atoms with van der Waals surface area (Å²) in [6.07, 6.45) is 2.80. The molecule has 4 rings (SSSR count). The van der Waals surface area contributed by atoms with Crippen molar-refractivity contribution in [3.63, 3.8) is 0 Å². The summed E-state index contributed by atoms with van der Waals surface area (Å²) in [6.45, 7) is 6.61. The summed E-state index contributed by atoms with van der Waals surface area (Å²) >= 11 is 0. The monoisotopic (exact) mass is 386 g/mol. The number of benzene rings is 1. The first kappa shape index (κ1) is 19.2. The van der Waals surface area contributed by atoms with E-state index in [1.807, 2.05) is 23.1 Å². The highest BCUT2D eigenvalue weighted by Crippen LogP contribution is 2.39. The zero-order chi connectivity index (χ0) is 19.3. The minimum absolute atomic E-state index is 0.0438. The average molecular weight is 386 g/mol. The van der Waals surface area contributed by atoms with Crippen molar-refractivity contribution in [1.29, 1.82) is 0 Å². The molecule has 0 spiro atoms. The molecule has 1 aromatic rings. The van der Waals surface area contributed by atoms with Crippen LogP contribution in [-0.2, 0) is 14.3 Å². The molecule has 2 fully saturated rings. The van der Waals surface area contributed by atoms with Gasteiger partial charge in [0.05, 0.1) is 24.6 Å². The van der Waals surface area contributed by atoms with Gasteiger partial charge in [-0.1, -0.05) is 12.1 Å². The number of ether oxygens (including phenoxy) is 1. The number of nitrogens with zero attached hydrogens (tertiary/aromatic N) is 3. The number of carbonyl (C=O) groups excluding carboxylic acids is 2. The first-order valence-electron chi connectivity index (χ1n) is 10.5. The summed E-state index contributed by atoms with van der Waals surface area (Å²) in [4.78, 5) is 31.7. The number of hydrogen-bond donors (Lipinski definition) is 1. The molecule has 3 heterocycles. The van der Waals surface area contributed by atoms with Crippen molar-refractivity contribution in [2.75, 3.05) is 62.3 Å². The Morgan fingerprint density at radius 1 is 1.07 bits per heavy atom. The third-order valence-electron chi connectivity index (χ3n) is 5.97. The van der Waals surface area contributed by atoms with E-state index in [0.717, 1.165) is 63.7 Å². The standard InChI is InChI=1S/C21H30N4O3/c26-20(22-9-11-23-12-14-28-15-13-23)7-8-21(27)25-16-17-4-3-10-24(17)18-5-1-2-6-19(18)25/h1-2,5-6,17H,3-4,7-16H2,(H,22,26). The van der Waals surface area contributed by atoms with Crippen molar-refractivity contribution < 1.29 is 14.3 Å². The summed E-state index contributed by atoms with van der Waals surface area (Å²) in [5.41, 5.74) is 2.14. The number of morpholine rings is 1. The lowest BCUT2D eigenvalue weighted by atomic mass is 10.1. The maximum Gasteiger partial charge on any atom is 0.227 e. The maximum atomic E-state index is 12.9. The maximum absolute atomic E-state index is 12.9. The molecule has 7 heteroatoms. The van der Waals surface area contributed by atoms with Crippen LogP contribution < -0.4 is 15.1 Å². The van der Waals surface area contributed by atoms with E-state index in [9.17, 15) is 9.59 Å². The molecule has 0 saturated carbocycles. The highest BCUT2D eigenvalue weighted by molar-refractivity contribution is 5.99. The summed E-state index contributed by atoms with van der Waals surface area (Å²) < 4.78 is 5.33. The van der Waals surface area contributed by atoms with Gasteiger partial charge in [0, 0.05) is 58.2 Å². The van der Waals surface area contributed by atoms with Crippen LogP contribution in [0.2, 0.25) is 0 Å². The van der Waals surface area contributed by atoms with Gasteiger partial charge < -0.3 is 19.9 Å². The molecule has 28 heavy (non-hydrogen) atoms. The first-order valence-corrected chi connectivity index (χ1v) is 10.5. The number of rotatable bonds is 6. The van der Waals surface area contributed by atoms with Gasteiger partial charge in [-0.25, -0.2) is 0 Å². The van der Waals surface area contributed by atoms with E-state index in [0.29, 0.717) is 12.6 Å². The van der Waals surface area contributed by atoms with E-state index in [-0.39, 0.29) is 24.7 Å². The van der Waals surface area contributed by atoms with Crippen LogP contribution in [0.3, 0.4) is 0 Å². The number of amides is 2. The Morgan fingerprint density at radius 3 is 2.68 bits per heavy atom. The van der Waals surface area contributed by atoms with Crippen LogP contribution in [0, 0.1) is 0 Å². The van der Waals surface area contributed by atoms with Crippen LogP contribution in [0.4, 0.5) is 11.4 Å². The number of para-hydroxylation sites is 2. The Balaban J connectivity index is 1.26. The molecule has 3 aliphatic heterocycles. The van der Waals surface area contributed by atoms with Gasteiger partial charge in [-0.3, -0.25) is 14.5 Å². The van der Waals surface area contributed by atoms with Gasteiger partial charge in [0.1, 0.15) is 0 Å². The lowest BCUT2D eigenvalue weighted by Gasteiger charge is -2.40. The van der Waals surface area contributed by atoms with E-state index in [1.165, 1.54) is 6.42 Å². The Kier molecular flexibility index (Phi) is 6.12. The second-order valence-electron chi connectivity index (χ2n) is 7.79. The molecule has 152 valence electrons. The predicted molar refractivity (Wildman–Crippen MR) is 109 cm³/mol. The van der Waals surface area contributed by atoms with Gasteiger partial charge in [0.2, 0.25) is 11.8 Å². The number of carbonyl (C=O) groups is 2. The van der Waals surface area contributed by atoms with E-state index in [4.69, 9.17) is 4.74 Å². The van der Waals surface area contributed by atoms with Gasteiger partial charge in [0.15, 0.2) is 0 Å². The van der Waals surface area contributed by atoms with Gasteiger partial charge >= 0.3 is 0 Å². The van der Waals surface area contributed by atoms with Crippen molar-refractivity contribution in [2.24, 2.45) is 0 Å². The molecule has 0 bridgehead atoms. The number of hydrogen-bond acceptors (Lipinski definition) is 5. The first-order chi connectivity index (χ1) is 13.7. The second kappa shape index (κ2) is 8.92. The third-order valence-corrected chi connectivity index (χ3v) is 5.97. The molecule has 1 unspecified atom stereocenters. The van der Waals surface area contributed by atoms with Crippen molar-refractivity contribution in [3.8, 4) is 0 Å². The van der Waals surface area contributed by atoms with Crippen molar-refractivity contribution in [2.45, 2.75) is 31.7 Å². The molecule has 3 aliphatic rings. The average Bonchev–Trinajstić information content (AvgIpc) is 3.21. The van der Waals surface area contributed by atoms with E-state index in [2.05, 4.69) is 21.2 Å². The van der Waals surface area contributed by atoms with Crippen molar-refractivity contribution in [3.05, 3.63) is 24.3 Å². The number of nitrogens with one attached hydrogen (secondary N) is 1. The van der Waals surface area contributed by atoms with Gasteiger partial charge in [-0.05, 0) is 25.0 Å². The molecule has 1 N–H and O–H groups in total. The van der Waals surface area contributed by atoms with E-state index in [1.54, 1.807) is 0 Å². The zero-order valence-corrected chi connectivity index (χ0v) is 16.4. The molecule has 2 saturated heterocycles. The molecule has 1 atom stereocenters. The fourth-order valence-electron chi connectivity index (χ4n) is 4.45. The molecular weight excluding hydrogens is 356 g/mol. The van der Waals surface area contributed by atoms with Crippen LogP contribution in [0.5, 0.6) is 0 Å². The normalized spacial score (nSPS) is 21.9. The van der Waals surface area contributed by atoms with Crippen LogP contribution in [0.25, 0.3) is 0 Å².